The molecule has 1 aliphatic heterocycles. The molecule has 1 amide bonds. The quantitative estimate of drug-likeness (QED) is 0.663. The number of amides is 1. The van der Waals surface area contributed by atoms with E-state index in [9.17, 15) is 14.9 Å². The van der Waals surface area contributed by atoms with Gasteiger partial charge in [-0.25, -0.2) is 0 Å². The summed E-state index contributed by atoms with van der Waals surface area (Å²) >= 11 is 0. The van der Waals surface area contributed by atoms with Crippen LogP contribution in [0.25, 0.3) is 0 Å². The monoisotopic (exact) mass is 263 g/mol. The van der Waals surface area contributed by atoms with Gasteiger partial charge in [0.1, 0.15) is 5.69 Å². The Kier molecular flexibility index (Phi) is 3.69. The summed E-state index contributed by atoms with van der Waals surface area (Å²) in [5.74, 6) is -0.577. The molecule has 0 bridgehead atoms. The third kappa shape index (κ3) is 2.67. The number of hydrogen-bond acceptors (Lipinski definition) is 4. The highest BCUT2D eigenvalue weighted by Gasteiger charge is 2.31. The van der Waals surface area contributed by atoms with Crippen LogP contribution >= 0.6 is 0 Å². The smallest absolute Gasteiger partial charge is 0.292 e. The first kappa shape index (κ1) is 13.3. The van der Waals surface area contributed by atoms with Gasteiger partial charge in [-0.3, -0.25) is 14.9 Å². The summed E-state index contributed by atoms with van der Waals surface area (Å²) in [6.45, 7) is 2.45. The van der Waals surface area contributed by atoms with Crippen LogP contribution in [0.15, 0.2) is 24.3 Å². The number of nitrogens with zero attached hydrogens (tertiary/aromatic N) is 2. The Balaban J connectivity index is 2.33. The molecule has 1 heterocycles. The number of rotatable bonds is 3. The Labute approximate surface area is 111 Å². The highest BCUT2D eigenvalue weighted by Crippen LogP contribution is 2.33. The Morgan fingerprint density at radius 2 is 2.11 bits per heavy atom. The van der Waals surface area contributed by atoms with Crippen molar-refractivity contribution >= 4 is 17.3 Å². The van der Waals surface area contributed by atoms with Crippen molar-refractivity contribution in [1.82, 2.24) is 0 Å². The van der Waals surface area contributed by atoms with Gasteiger partial charge in [0.2, 0.25) is 5.91 Å². The minimum absolute atomic E-state index is 0.0690. The largest absolute Gasteiger partial charge is 0.369 e. The second-order valence-corrected chi connectivity index (χ2v) is 4.92. The summed E-state index contributed by atoms with van der Waals surface area (Å²) in [6, 6.07) is 6.77. The second kappa shape index (κ2) is 5.26. The van der Waals surface area contributed by atoms with Crippen LogP contribution in [-0.2, 0) is 4.79 Å². The van der Waals surface area contributed by atoms with Gasteiger partial charge in [-0.1, -0.05) is 12.1 Å². The maximum atomic E-state index is 11.3. The van der Waals surface area contributed by atoms with Crippen molar-refractivity contribution in [3.8, 4) is 0 Å². The van der Waals surface area contributed by atoms with E-state index in [-0.39, 0.29) is 23.6 Å². The lowest BCUT2D eigenvalue weighted by Gasteiger charge is -2.38. The van der Waals surface area contributed by atoms with Crippen LogP contribution in [0.1, 0.15) is 19.8 Å². The van der Waals surface area contributed by atoms with Crippen molar-refractivity contribution in [2.24, 2.45) is 11.7 Å². The molecule has 6 nitrogen and oxygen atoms in total. The molecule has 2 N–H and O–H groups in total. The number of nitrogens with two attached hydrogens (primary N) is 1. The molecular weight excluding hydrogens is 246 g/mol. The molecule has 0 radical (unpaired) electrons. The van der Waals surface area contributed by atoms with Crippen molar-refractivity contribution in [3.05, 3.63) is 34.4 Å². The molecule has 102 valence electrons. The van der Waals surface area contributed by atoms with E-state index in [1.54, 1.807) is 18.2 Å². The van der Waals surface area contributed by atoms with Crippen molar-refractivity contribution in [2.45, 2.75) is 25.8 Å². The number of carbonyl (C=O) groups is 1. The predicted octanol–water partition coefficient (Wildman–Crippen LogP) is 1.68. The summed E-state index contributed by atoms with van der Waals surface area (Å²) in [6.07, 6.45) is 1.55. The molecule has 6 heteroatoms. The zero-order chi connectivity index (χ0) is 14.0. The zero-order valence-corrected chi connectivity index (χ0v) is 10.8. The second-order valence-electron chi connectivity index (χ2n) is 4.92. The molecule has 1 aliphatic rings. The van der Waals surface area contributed by atoms with E-state index in [0.717, 1.165) is 12.8 Å². The SMILES string of the molecule is CC1CCC(C(N)=O)CN1c1ccccc1[N+](=O)[O-]. The lowest BCUT2D eigenvalue weighted by atomic mass is 9.92. The molecule has 1 aromatic carbocycles. The van der Waals surface area contributed by atoms with Crippen LogP contribution < -0.4 is 10.6 Å². The van der Waals surface area contributed by atoms with Crippen LogP contribution in [0.4, 0.5) is 11.4 Å². The summed E-state index contributed by atoms with van der Waals surface area (Å²) in [7, 11) is 0. The number of nitro benzene ring substituents is 1. The summed E-state index contributed by atoms with van der Waals surface area (Å²) in [4.78, 5) is 23.9. The average molecular weight is 263 g/mol. The van der Waals surface area contributed by atoms with E-state index in [2.05, 4.69) is 0 Å². The minimum atomic E-state index is -0.393. The van der Waals surface area contributed by atoms with E-state index >= 15 is 0 Å². The highest BCUT2D eigenvalue weighted by molar-refractivity contribution is 5.78. The van der Waals surface area contributed by atoms with Crippen molar-refractivity contribution < 1.29 is 9.72 Å². The van der Waals surface area contributed by atoms with Gasteiger partial charge in [0.15, 0.2) is 0 Å². The summed E-state index contributed by atoms with van der Waals surface area (Å²) < 4.78 is 0. The number of carbonyl (C=O) groups excluding carboxylic acids is 1. The first-order valence-electron chi connectivity index (χ1n) is 6.30. The number of nitro groups is 1. The number of piperidine rings is 1. The molecule has 1 aromatic rings. The fraction of sp³-hybridized carbons (Fsp3) is 0.462. The van der Waals surface area contributed by atoms with Crippen molar-refractivity contribution in [1.29, 1.82) is 0 Å². The van der Waals surface area contributed by atoms with Crippen LogP contribution in [0.3, 0.4) is 0 Å². The molecule has 1 fully saturated rings. The first-order chi connectivity index (χ1) is 9.00. The Hall–Kier alpha value is -2.11. The summed E-state index contributed by atoms with van der Waals surface area (Å²) in [5, 5.41) is 11.1. The number of primary amides is 1. The zero-order valence-electron chi connectivity index (χ0n) is 10.8. The van der Waals surface area contributed by atoms with Crippen LogP contribution in [0.5, 0.6) is 0 Å². The fourth-order valence-corrected chi connectivity index (χ4v) is 2.54. The fourth-order valence-electron chi connectivity index (χ4n) is 2.54. The Morgan fingerprint density at radius 3 is 2.74 bits per heavy atom. The third-order valence-electron chi connectivity index (χ3n) is 3.67. The molecule has 2 unspecified atom stereocenters. The van der Waals surface area contributed by atoms with Crippen molar-refractivity contribution in [2.75, 3.05) is 11.4 Å². The number of benzene rings is 1. The molecular formula is C13H17N3O3. The highest BCUT2D eigenvalue weighted by atomic mass is 16.6. The van der Waals surface area contributed by atoms with Crippen LogP contribution in [0, 0.1) is 16.0 Å². The molecule has 2 rings (SSSR count). The van der Waals surface area contributed by atoms with Gasteiger partial charge in [-0.15, -0.1) is 0 Å². The number of hydrogen-bond donors (Lipinski definition) is 1. The van der Waals surface area contributed by atoms with Crippen LogP contribution in [-0.4, -0.2) is 23.4 Å². The lowest BCUT2D eigenvalue weighted by molar-refractivity contribution is -0.384. The van der Waals surface area contributed by atoms with Gasteiger partial charge in [-0.2, -0.15) is 0 Å². The van der Waals surface area contributed by atoms with Gasteiger partial charge in [-0.05, 0) is 25.8 Å². The molecule has 0 saturated carbocycles. The molecule has 19 heavy (non-hydrogen) atoms. The van der Waals surface area contributed by atoms with Gasteiger partial charge >= 0.3 is 0 Å². The maximum absolute atomic E-state index is 11.3. The van der Waals surface area contributed by atoms with Crippen molar-refractivity contribution in [3.63, 3.8) is 0 Å². The predicted molar refractivity (Wildman–Crippen MR) is 71.8 cm³/mol. The minimum Gasteiger partial charge on any atom is -0.369 e. The van der Waals surface area contributed by atoms with Gasteiger partial charge < -0.3 is 10.6 Å². The van der Waals surface area contributed by atoms with Gasteiger partial charge in [0.05, 0.1) is 10.8 Å². The first-order valence-corrected chi connectivity index (χ1v) is 6.30. The van der Waals surface area contributed by atoms with E-state index in [1.807, 2.05) is 11.8 Å². The topological polar surface area (TPSA) is 89.5 Å². The standard InChI is InChI=1S/C13H17N3O3/c1-9-6-7-10(13(14)17)8-15(9)11-4-2-3-5-12(11)16(18)19/h2-5,9-10H,6-8H2,1H3,(H2,14,17). The third-order valence-corrected chi connectivity index (χ3v) is 3.67. The van der Waals surface area contributed by atoms with Crippen LogP contribution in [0.2, 0.25) is 0 Å². The van der Waals surface area contributed by atoms with Gasteiger partial charge in [0, 0.05) is 18.7 Å². The maximum Gasteiger partial charge on any atom is 0.292 e. The summed E-state index contributed by atoms with van der Waals surface area (Å²) in [5.41, 5.74) is 5.98. The lowest BCUT2D eigenvalue weighted by Crippen LogP contribution is -2.46. The number of para-hydroxylation sites is 2. The molecule has 0 aromatic heterocycles. The molecule has 2 atom stereocenters. The Morgan fingerprint density at radius 1 is 1.42 bits per heavy atom. The molecule has 1 saturated heterocycles. The van der Waals surface area contributed by atoms with E-state index in [4.69, 9.17) is 5.73 Å². The van der Waals surface area contributed by atoms with E-state index < -0.39 is 4.92 Å². The van der Waals surface area contributed by atoms with Gasteiger partial charge in [0.25, 0.3) is 5.69 Å². The molecule has 0 aliphatic carbocycles. The number of anilines is 1. The van der Waals surface area contributed by atoms with E-state index in [0.29, 0.717) is 12.2 Å². The normalized spacial score (nSPS) is 23.1. The average Bonchev–Trinajstić information content (AvgIpc) is 2.39. The molecule has 0 spiro atoms. The van der Waals surface area contributed by atoms with E-state index in [1.165, 1.54) is 6.07 Å². The Bertz CT molecular complexity index is 504.